The Balaban J connectivity index is 0.00000106. The molecule has 0 atom stereocenters. The molecule has 1 rings (SSSR count). The van der Waals surface area contributed by atoms with Crippen molar-refractivity contribution in [2.24, 2.45) is 0 Å². The molecule has 0 N–H and O–H groups in total. The van der Waals surface area contributed by atoms with Gasteiger partial charge in [-0.1, -0.05) is 19.9 Å². The summed E-state index contributed by atoms with van der Waals surface area (Å²) in [7, 11) is 3.91. The highest BCUT2D eigenvalue weighted by molar-refractivity contribution is 5.94. The first kappa shape index (κ1) is 14.8. The van der Waals surface area contributed by atoms with Crippen molar-refractivity contribution in [3.05, 3.63) is 29.6 Å². The summed E-state index contributed by atoms with van der Waals surface area (Å²) in [5.41, 5.74) is 1.65. The Morgan fingerprint density at radius 2 is 1.94 bits per heavy atom. The fourth-order valence-electron chi connectivity index (χ4n) is 1.09. The van der Waals surface area contributed by atoms with Gasteiger partial charge < -0.3 is 4.90 Å². The maximum atomic E-state index is 11.6. The van der Waals surface area contributed by atoms with Crippen LogP contribution in [-0.2, 0) is 0 Å². The molecule has 0 radical (unpaired) electrons. The predicted molar refractivity (Wildman–Crippen MR) is 67.8 cm³/mol. The van der Waals surface area contributed by atoms with E-state index in [9.17, 15) is 4.79 Å². The summed E-state index contributed by atoms with van der Waals surface area (Å²) in [6.45, 7) is 6.73. The van der Waals surface area contributed by atoms with Crippen molar-refractivity contribution in [3.63, 3.8) is 0 Å². The second-order valence-corrected chi connectivity index (χ2v) is 3.70. The van der Waals surface area contributed by atoms with E-state index in [2.05, 4.69) is 4.98 Å². The van der Waals surface area contributed by atoms with Crippen LogP contribution in [-0.4, -0.2) is 36.3 Å². The standard InChI is InChI=1S/C11H16N2O.C2H6/c1-9-4-5-10(12-8-9)11(14)6-7-13(2)3;1-2/h4-5,8H,6-7H2,1-3H3;1-2H3. The molecule has 0 aliphatic carbocycles. The Kier molecular flexibility index (Phi) is 7.38. The van der Waals surface area contributed by atoms with Crippen LogP contribution in [0.3, 0.4) is 0 Å². The lowest BCUT2D eigenvalue weighted by Crippen LogP contribution is -2.17. The van der Waals surface area contributed by atoms with Crippen LogP contribution in [0.25, 0.3) is 0 Å². The molecule has 1 aromatic heterocycles. The molecule has 3 nitrogen and oxygen atoms in total. The zero-order valence-corrected chi connectivity index (χ0v) is 10.9. The minimum Gasteiger partial charge on any atom is -0.309 e. The molecular formula is C13H22N2O. The molecule has 0 spiro atoms. The molecule has 90 valence electrons. The Morgan fingerprint density at radius 3 is 2.38 bits per heavy atom. The molecular weight excluding hydrogens is 200 g/mol. The average Bonchev–Trinajstić information content (AvgIpc) is 2.29. The van der Waals surface area contributed by atoms with Crippen molar-refractivity contribution in [1.82, 2.24) is 9.88 Å². The minimum atomic E-state index is 0.110. The number of pyridine rings is 1. The molecule has 0 saturated heterocycles. The van der Waals surface area contributed by atoms with Gasteiger partial charge in [-0.15, -0.1) is 0 Å². The highest BCUT2D eigenvalue weighted by atomic mass is 16.1. The molecule has 0 aliphatic heterocycles. The number of carbonyl (C=O) groups is 1. The number of hydrogen-bond acceptors (Lipinski definition) is 3. The van der Waals surface area contributed by atoms with Gasteiger partial charge in [-0.05, 0) is 32.6 Å². The number of carbonyl (C=O) groups excluding carboxylic acids is 1. The molecule has 1 aromatic rings. The number of aromatic nitrogens is 1. The third kappa shape index (κ3) is 5.61. The molecule has 0 saturated carbocycles. The molecule has 0 amide bonds. The first-order chi connectivity index (χ1) is 7.59. The Bertz CT molecular complexity index is 304. The van der Waals surface area contributed by atoms with Crippen molar-refractivity contribution >= 4 is 5.78 Å². The van der Waals surface area contributed by atoms with E-state index in [-0.39, 0.29) is 5.78 Å². The maximum absolute atomic E-state index is 11.6. The van der Waals surface area contributed by atoms with E-state index in [0.717, 1.165) is 12.1 Å². The number of nitrogens with zero attached hydrogens (tertiary/aromatic N) is 2. The van der Waals surface area contributed by atoms with Gasteiger partial charge in [0, 0.05) is 19.2 Å². The van der Waals surface area contributed by atoms with Gasteiger partial charge in [0.05, 0.1) is 0 Å². The van der Waals surface area contributed by atoms with Crippen molar-refractivity contribution in [2.75, 3.05) is 20.6 Å². The van der Waals surface area contributed by atoms with Crippen molar-refractivity contribution in [2.45, 2.75) is 27.2 Å². The van der Waals surface area contributed by atoms with Crippen LogP contribution >= 0.6 is 0 Å². The van der Waals surface area contributed by atoms with E-state index in [1.54, 1.807) is 12.3 Å². The molecule has 16 heavy (non-hydrogen) atoms. The number of ketones is 1. The zero-order chi connectivity index (χ0) is 12.6. The maximum Gasteiger partial charge on any atom is 0.182 e. The van der Waals surface area contributed by atoms with Crippen LogP contribution in [0, 0.1) is 6.92 Å². The molecule has 0 aromatic carbocycles. The summed E-state index contributed by atoms with van der Waals surface area (Å²) >= 11 is 0. The summed E-state index contributed by atoms with van der Waals surface area (Å²) in [5.74, 6) is 0.110. The van der Waals surface area contributed by atoms with Crippen LogP contribution in [0.5, 0.6) is 0 Å². The molecule has 0 unspecified atom stereocenters. The van der Waals surface area contributed by atoms with Crippen LogP contribution in [0.15, 0.2) is 18.3 Å². The van der Waals surface area contributed by atoms with Gasteiger partial charge in [0.2, 0.25) is 0 Å². The molecule has 0 bridgehead atoms. The number of aryl methyl sites for hydroxylation is 1. The van der Waals surface area contributed by atoms with Gasteiger partial charge >= 0.3 is 0 Å². The molecule has 3 heteroatoms. The smallest absolute Gasteiger partial charge is 0.182 e. The van der Waals surface area contributed by atoms with Crippen molar-refractivity contribution < 1.29 is 4.79 Å². The lowest BCUT2D eigenvalue weighted by molar-refractivity contribution is 0.0967. The molecule has 0 fully saturated rings. The van der Waals surface area contributed by atoms with Crippen LogP contribution in [0.1, 0.15) is 36.3 Å². The van der Waals surface area contributed by atoms with E-state index < -0.39 is 0 Å². The Morgan fingerprint density at radius 1 is 1.31 bits per heavy atom. The van der Waals surface area contributed by atoms with Gasteiger partial charge in [-0.25, -0.2) is 0 Å². The van der Waals surface area contributed by atoms with Crippen LogP contribution in [0.2, 0.25) is 0 Å². The summed E-state index contributed by atoms with van der Waals surface area (Å²) in [5, 5.41) is 0. The fourth-order valence-corrected chi connectivity index (χ4v) is 1.09. The van der Waals surface area contributed by atoms with Crippen LogP contribution < -0.4 is 0 Å². The van der Waals surface area contributed by atoms with Gasteiger partial charge in [-0.2, -0.15) is 0 Å². The van der Waals surface area contributed by atoms with Gasteiger partial charge in [-0.3, -0.25) is 9.78 Å². The normalized spacial score (nSPS) is 9.62. The third-order valence-electron chi connectivity index (χ3n) is 1.98. The van der Waals surface area contributed by atoms with Gasteiger partial charge in [0.1, 0.15) is 5.69 Å². The highest BCUT2D eigenvalue weighted by Gasteiger charge is 2.06. The van der Waals surface area contributed by atoms with Crippen molar-refractivity contribution in [3.8, 4) is 0 Å². The second kappa shape index (κ2) is 7.99. The summed E-state index contributed by atoms with van der Waals surface area (Å²) < 4.78 is 0. The summed E-state index contributed by atoms with van der Waals surface area (Å²) in [4.78, 5) is 17.7. The van der Waals surface area contributed by atoms with E-state index in [4.69, 9.17) is 0 Å². The largest absolute Gasteiger partial charge is 0.309 e. The molecule has 0 aliphatic rings. The summed E-state index contributed by atoms with van der Waals surface area (Å²) in [6, 6.07) is 3.70. The van der Waals surface area contributed by atoms with E-state index in [1.807, 2.05) is 45.8 Å². The van der Waals surface area contributed by atoms with Gasteiger partial charge in [0.15, 0.2) is 5.78 Å². The first-order valence-corrected chi connectivity index (χ1v) is 5.70. The average molecular weight is 222 g/mol. The number of hydrogen-bond donors (Lipinski definition) is 0. The highest BCUT2D eigenvalue weighted by Crippen LogP contribution is 2.02. The lowest BCUT2D eigenvalue weighted by Gasteiger charge is -2.07. The number of rotatable bonds is 4. The Labute approximate surface area is 98.5 Å². The first-order valence-electron chi connectivity index (χ1n) is 5.70. The lowest BCUT2D eigenvalue weighted by atomic mass is 10.2. The topological polar surface area (TPSA) is 33.2 Å². The van der Waals surface area contributed by atoms with E-state index >= 15 is 0 Å². The fraction of sp³-hybridized carbons (Fsp3) is 0.538. The van der Waals surface area contributed by atoms with Crippen LogP contribution in [0.4, 0.5) is 0 Å². The minimum absolute atomic E-state index is 0.110. The SMILES string of the molecule is CC.Cc1ccc(C(=O)CCN(C)C)nc1. The van der Waals surface area contributed by atoms with E-state index in [1.165, 1.54) is 0 Å². The van der Waals surface area contributed by atoms with E-state index in [0.29, 0.717) is 12.1 Å². The second-order valence-electron chi connectivity index (χ2n) is 3.70. The monoisotopic (exact) mass is 222 g/mol. The zero-order valence-electron chi connectivity index (χ0n) is 10.9. The number of Topliss-reactive ketones (excluding diaryl/α,β-unsaturated/α-hetero) is 1. The third-order valence-corrected chi connectivity index (χ3v) is 1.98. The quantitative estimate of drug-likeness (QED) is 0.734. The molecule has 1 heterocycles. The van der Waals surface area contributed by atoms with Gasteiger partial charge in [0.25, 0.3) is 0 Å². The van der Waals surface area contributed by atoms with Crippen molar-refractivity contribution in [1.29, 1.82) is 0 Å². The predicted octanol–water partition coefficient (Wildman–Crippen LogP) is 2.55. The Hall–Kier alpha value is -1.22. The summed E-state index contributed by atoms with van der Waals surface area (Å²) in [6.07, 6.45) is 2.26.